The second kappa shape index (κ2) is 5.99. The minimum atomic E-state index is -4.74. The third-order valence-corrected chi connectivity index (χ3v) is 5.40. The summed E-state index contributed by atoms with van der Waals surface area (Å²) < 4.78 is 66.9. The number of aryl methyl sites for hydroxylation is 1. The van der Waals surface area contributed by atoms with E-state index >= 15 is 0 Å². The smallest absolute Gasteiger partial charge is 0.329 e. The normalized spacial score (nSPS) is 12.3. The van der Waals surface area contributed by atoms with Gasteiger partial charge in [0.15, 0.2) is 0 Å². The fraction of sp³-hybridized carbons (Fsp3) is 0.125. The molecule has 25 heavy (non-hydrogen) atoms. The van der Waals surface area contributed by atoms with Gasteiger partial charge in [-0.15, -0.1) is 0 Å². The highest BCUT2D eigenvalue weighted by molar-refractivity contribution is 7.91. The van der Waals surface area contributed by atoms with Crippen LogP contribution in [0.4, 0.5) is 13.2 Å². The van der Waals surface area contributed by atoms with Crippen molar-refractivity contribution in [3.05, 3.63) is 60.0 Å². The third kappa shape index (κ3) is 3.27. The molecule has 0 unspecified atom stereocenters. The highest BCUT2D eigenvalue weighted by Gasteiger charge is 2.38. The predicted molar refractivity (Wildman–Crippen MR) is 81.4 cm³/mol. The fourth-order valence-corrected chi connectivity index (χ4v) is 3.72. The Morgan fingerprint density at radius 2 is 1.64 bits per heavy atom. The molecule has 0 saturated heterocycles. The monoisotopic (exact) mass is 368 g/mol. The van der Waals surface area contributed by atoms with Crippen LogP contribution in [0.1, 0.15) is 11.5 Å². The SMILES string of the molecule is Cc1ccccc1S(=O)(=O)c1ccc(-c2noc(C(F)(F)F)n2)cc1. The highest BCUT2D eigenvalue weighted by Crippen LogP contribution is 2.30. The van der Waals surface area contributed by atoms with Crippen molar-refractivity contribution >= 4 is 9.84 Å². The number of sulfone groups is 1. The summed E-state index contributed by atoms with van der Waals surface area (Å²) in [6, 6.07) is 11.8. The molecule has 0 atom stereocenters. The van der Waals surface area contributed by atoms with Crippen LogP contribution in [0, 0.1) is 6.92 Å². The number of hydrogen-bond acceptors (Lipinski definition) is 5. The summed E-state index contributed by atoms with van der Waals surface area (Å²) in [4.78, 5) is 3.45. The molecule has 0 fully saturated rings. The van der Waals surface area contributed by atoms with E-state index < -0.39 is 21.9 Å². The molecular weight excluding hydrogens is 357 g/mol. The van der Waals surface area contributed by atoms with Crippen LogP contribution < -0.4 is 0 Å². The second-order valence-electron chi connectivity index (χ2n) is 5.21. The quantitative estimate of drug-likeness (QED) is 0.701. The molecule has 1 aromatic heterocycles. The number of halogens is 3. The molecule has 2 aromatic carbocycles. The molecule has 0 aliphatic carbocycles. The first kappa shape index (κ1) is 17.2. The lowest BCUT2D eigenvalue weighted by Crippen LogP contribution is -2.05. The van der Waals surface area contributed by atoms with Gasteiger partial charge in [0, 0.05) is 5.56 Å². The third-order valence-electron chi connectivity index (χ3n) is 3.47. The van der Waals surface area contributed by atoms with E-state index in [2.05, 4.69) is 14.7 Å². The van der Waals surface area contributed by atoms with Crippen LogP contribution in [0.25, 0.3) is 11.4 Å². The highest BCUT2D eigenvalue weighted by atomic mass is 32.2. The van der Waals surface area contributed by atoms with Crippen molar-refractivity contribution in [1.29, 1.82) is 0 Å². The van der Waals surface area contributed by atoms with Gasteiger partial charge in [-0.05, 0) is 42.8 Å². The first-order valence-electron chi connectivity index (χ1n) is 7.01. The van der Waals surface area contributed by atoms with Gasteiger partial charge in [-0.3, -0.25) is 0 Å². The van der Waals surface area contributed by atoms with Gasteiger partial charge in [0.25, 0.3) is 0 Å². The number of nitrogens with zero attached hydrogens (tertiary/aromatic N) is 2. The zero-order valence-electron chi connectivity index (χ0n) is 12.8. The average Bonchev–Trinajstić information content (AvgIpc) is 3.05. The molecule has 130 valence electrons. The Morgan fingerprint density at radius 1 is 1.00 bits per heavy atom. The molecule has 0 saturated carbocycles. The topological polar surface area (TPSA) is 73.1 Å². The van der Waals surface area contributed by atoms with Crippen LogP contribution in [-0.2, 0) is 16.0 Å². The minimum absolute atomic E-state index is 0.0186. The lowest BCUT2D eigenvalue weighted by atomic mass is 10.2. The van der Waals surface area contributed by atoms with E-state index in [4.69, 9.17) is 0 Å². The van der Waals surface area contributed by atoms with Crippen molar-refractivity contribution in [3.63, 3.8) is 0 Å². The maximum Gasteiger partial charge on any atom is 0.471 e. The van der Waals surface area contributed by atoms with Gasteiger partial charge >= 0.3 is 12.1 Å². The zero-order valence-corrected chi connectivity index (χ0v) is 13.6. The van der Waals surface area contributed by atoms with Crippen molar-refractivity contribution in [1.82, 2.24) is 10.1 Å². The van der Waals surface area contributed by atoms with E-state index in [9.17, 15) is 21.6 Å². The summed E-state index contributed by atoms with van der Waals surface area (Å²) in [6.07, 6.45) is -4.74. The molecule has 0 amide bonds. The molecule has 0 aliphatic rings. The average molecular weight is 368 g/mol. The minimum Gasteiger partial charge on any atom is -0.329 e. The predicted octanol–water partition coefficient (Wildman–Crippen LogP) is 3.90. The molecule has 0 bridgehead atoms. The Bertz CT molecular complexity index is 1010. The van der Waals surface area contributed by atoms with Crippen LogP contribution in [0.5, 0.6) is 0 Å². The molecule has 1 heterocycles. The molecule has 0 spiro atoms. The van der Waals surface area contributed by atoms with Gasteiger partial charge in [0.1, 0.15) is 0 Å². The van der Waals surface area contributed by atoms with Crippen LogP contribution in [0.3, 0.4) is 0 Å². The maximum atomic E-state index is 12.6. The zero-order chi connectivity index (χ0) is 18.2. The Morgan fingerprint density at radius 3 is 2.20 bits per heavy atom. The largest absolute Gasteiger partial charge is 0.471 e. The van der Waals surface area contributed by atoms with E-state index in [1.165, 1.54) is 30.3 Å². The first-order chi connectivity index (χ1) is 11.7. The van der Waals surface area contributed by atoms with E-state index in [0.717, 1.165) is 0 Å². The summed E-state index contributed by atoms with van der Waals surface area (Å²) >= 11 is 0. The summed E-state index contributed by atoms with van der Waals surface area (Å²) in [5.41, 5.74) is 0.808. The van der Waals surface area contributed by atoms with Crippen LogP contribution in [-0.4, -0.2) is 18.6 Å². The van der Waals surface area contributed by atoms with Gasteiger partial charge in [-0.25, -0.2) is 8.42 Å². The number of benzene rings is 2. The number of alkyl halides is 3. The van der Waals surface area contributed by atoms with Crippen molar-refractivity contribution in [2.75, 3.05) is 0 Å². The molecule has 3 aromatic rings. The molecule has 0 aliphatic heterocycles. The summed E-state index contributed by atoms with van der Waals surface area (Å²) in [5, 5.41) is 3.26. The molecule has 0 radical (unpaired) electrons. The van der Waals surface area contributed by atoms with E-state index in [-0.39, 0.29) is 21.2 Å². The molecular formula is C16H11F3N2O3S. The van der Waals surface area contributed by atoms with E-state index in [0.29, 0.717) is 5.56 Å². The molecule has 5 nitrogen and oxygen atoms in total. The van der Waals surface area contributed by atoms with E-state index in [1.807, 2.05) is 0 Å². The Labute approximate surface area is 141 Å². The van der Waals surface area contributed by atoms with Crippen LogP contribution >= 0.6 is 0 Å². The van der Waals surface area contributed by atoms with Crippen molar-refractivity contribution in [2.24, 2.45) is 0 Å². The van der Waals surface area contributed by atoms with Gasteiger partial charge < -0.3 is 4.52 Å². The summed E-state index contributed by atoms with van der Waals surface area (Å²) in [5.74, 6) is -1.73. The lowest BCUT2D eigenvalue weighted by molar-refractivity contribution is -0.159. The van der Waals surface area contributed by atoms with Crippen molar-refractivity contribution in [2.45, 2.75) is 22.9 Å². The number of aromatic nitrogens is 2. The van der Waals surface area contributed by atoms with Crippen molar-refractivity contribution < 1.29 is 26.1 Å². The van der Waals surface area contributed by atoms with Crippen molar-refractivity contribution in [3.8, 4) is 11.4 Å². The standard InChI is InChI=1S/C16H11F3N2O3S/c1-10-4-2-3-5-13(10)25(22,23)12-8-6-11(7-9-12)14-20-15(24-21-14)16(17,18)19/h2-9H,1H3. The number of rotatable bonds is 3. The maximum absolute atomic E-state index is 12.6. The Kier molecular flexibility index (Phi) is 4.11. The second-order valence-corrected chi connectivity index (χ2v) is 7.13. The van der Waals surface area contributed by atoms with E-state index in [1.54, 1.807) is 25.1 Å². The van der Waals surface area contributed by atoms with Gasteiger partial charge in [-0.1, -0.05) is 23.4 Å². The first-order valence-corrected chi connectivity index (χ1v) is 8.50. The van der Waals surface area contributed by atoms with Gasteiger partial charge in [-0.2, -0.15) is 18.2 Å². The van der Waals surface area contributed by atoms with Crippen LogP contribution in [0.15, 0.2) is 62.8 Å². The molecule has 0 N–H and O–H groups in total. The Hall–Kier alpha value is -2.68. The molecule has 3 rings (SSSR count). The number of hydrogen-bond donors (Lipinski definition) is 0. The fourth-order valence-electron chi connectivity index (χ4n) is 2.22. The lowest BCUT2D eigenvalue weighted by Gasteiger charge is -2.07. The Balaban J connectivity index is 1.95. The summed E-state index contributed by atoms with van der Waals surface area (Å²) in [7, 11) is -3.73. The van der Waals surface area contributed by atoms with Gasteiger partial charge in [0.05, 0.1) is 9.79 Å². The summed E-state index contributed by atoms with van der Waals surface area (Å²) in [6.45, 7) is 1.68. The van der Waals surface area contributed by atoms with Gasteiger partial charge in [0.2, 0.25) is 15.7 Å². The molecule has 9 heteroatoms. The van der Waals surface area contributed by atoms with Crippen LogP contribution in [0.2, 0.25) is 0 Å².